The van der Waals surface area contributed by atoms with Gasteiger partial charge in [-0.05, 0) is 19.1 Å². The molecule has 0 spiro atoms. The molecule has 1 N–H and O–H groups in total. The van der Waals surface area contributed by atoms with Crippen LogP contribution >= 0.6 is 0 Å². The second-order valence-corrected chi connectivity index (χ2v) is 3.50. The van der Waals surface area contributed by atoms with Gasteiger partial charge >= 0.3 is 0 Å². The number of hydrogen-bond acceptors (Lipinski definition) is 4. The van der Waals surface area contributed by atoms with E-state index in [2.05, 4.69) is 22.1 Å². The van der Waals surface area contributed by atoms with Gasteiger partial charge in [-0.1, -0.05) is 6.07 Å². The summed E-state index contributed by atoms with van der Waals surface area (Å²) in [4.78, 5) is 6.52. The lowest BCUT2D eigenvalue weighted by Gasteiger charge is -2.34. The molecule has 0 aromatic carbocycles. The molecule has 1 saturated heterocycles. The summed E-state index contributed by atoms with van der Waals surface area (Å²) in [5.74, 6) is 0.980. The van der Waals surface area contributed by atoms with E-state index < -0.39 is 0 Å². The smallest absolute Gasteiger partial charge is 0.143 e. The molecule has 0 amide bonds. The van der Waals surface area contributed by atoms with E-state index in [0.29, 0.717) is 0 Å². The lowest BCUT2D eigenvalue weighted by Crippen LogP contribution is -2.49. The molecule has 82 valence electrons. The summed E-state index contributed by atoms with van der Waals surface area (Å²) >= 11 is 0. The van der Waals surface area contributed by atoms with Crippen molar-refractivity contribution in [3.8, 4) is 0 Å². The quantitative estimate of drug-likeness (QED) is 0.797. The maximum absolute atomic E-state index is 5.71. The van der Waals surface area contributed by atoms with Crippen LogP contribution in [0.15, 0.2) is 24.4 Å². The average Bonchev–Trinajstić information content (AvgIpc) is 2.33. The van der Waals surface area contributed by atoms with Gasteiger partial charge in [0, 0.05) is 25.8 Å². The first kappa shape index (κ1) is 10.4. The Morgan fingerprint density at radius 2 is 2.53 bits per heavy atom. The van der Waals surface area contributed by atoms with Crippen LogP contribution in [0.1, 0.15) is 6.92 Å². The Hall–Kier alpha value is -1.13. The highest BCUT2D eigenvalue weighted by Gasteiger charge is 2.20. The number of likely N-dealkylation sites (N-methyl/N-ethyl adjacent to an activating group) is 1. The molecule has 1 atom stereocenters. The van der Waals surface area contributed by atoms with Crippen molar-refractivity contribution in [3.05, 3.63) is 24.4 Å². The summed E-state index contributed by atoms with van der Waals surface area (Å²) in [5, 5.41) is 3.32. The molecule has 0 aliphatic carbocycles. The molecule has 2 heterocycles. The van der Waals surface area contributed by atoms with E-state index in [-0.39, 0.29) is 6.23 Å². The molecule has 4 heteroatoms. The maximum Gasteiger partial charge on any atom is 0.143 e. The van der Waals surface area contributed by atoms with Crippen molar-refractivity contribution in [2.75, 3.05) is 31.1 Å². The molecule has 15 heavy (non-hydrogen) atoms. The van der Waals surface area contributed by atoms with Crippen molar-refractivity contribution in [3.63, 3.8) is 0 Å². The van der Waals surface area contributed by atoms with E-state index in [9.17, 15) is 0 Å². The third kappa shape index (κ3) is 2.46. The fourth-order valence-corrected chi connectivity index (χ4v) is 1.79. The van der Waals surface area contributed by atoms with Gasteiger partial charge in [-0.2, -0.15) is 0 Å². The predicted octanol–water partition coefficient (Wildman–Crippen LogP) is 0.854. The van der Waals surface area contributed by atoms with Gasteiger partial charge in [0.25, 0.3) is 0 Å². The second-order valence-electron chi connectivity index (χ2n) is 3.50. The molecule has 1 aliphatic heterocycles. The number of morpholine rings is 1. The van der Waals surface area contributed by atoms with Gasteiger partial charge < -0.3 is 15.0 Å². The van der Waals surface area contributed by atoms with Gasteiger partial charge in [-0.25, -0.2) is 4.98 Å². The third-order valence-electron chi connectivity index (χ3n) is 2.54. The Bertz CT molecular complexity index is 285. The third-order valence-corrected chi connectivity index (χ3v) is 2.54. The Balaban J connectivity index is 2.09. The Morgan fingerprint density at radius 1 is 1.60 bits per heavy atom. The monoisotopic (exact) mass is 207 g/mol. The molecule has 1 aromatic rings. The highest BCUT2D eigenvalue weighted by molar-refractivity contribution is 5.38. The molecule has 4 nitrogen and oxygen atoms in total. The highest BCUT2D eigenvalue weighted by Crippen LogP contribution is 2.14. The summed E-state index contributed by atoms with van der Waals surface area (Å²) in [6.45, 7) is 5.60. The topological polar surface area (TPSA) is 37.4 Å². The van der Waals surface area contributed by atoms with Crippen molar-refractivity contribution < 1.29 is 4.74 Å². The summed E-state index contributed by atoms with van der Waals surface area (Å²) < 4.78 is 5.71. The van der Waals surface area contributed by atoms with Crippen molar-refractivity contribution >= 4 is 5.82 Å². The zero-order valence-corrected chi connectivity index (χ0v) is 9.02. The zero-order valence-electron chi connectivity index (χ0n) is 9.02. The number of pyridine rings is 1. The van der Waals surface area contributed by atoms with Gasteiger partial charge in [0.1, 0.15) is 12.0 Å². The maximum atomic E-state index is 5.71. The minimum absolute atomic E-state index is 0.110. The average molecular weight is 207 g/mol. The minimum Gasteiger partial charge on any atom is -0.356 e. The molecule has 0 radical (unpaired) electrons. The van der Waals surface area contributed by atoms with E-state index >= 15 is 0 Å². The standard InChI is InChI=1S/C11H17N3O/c1-2-14(10-5-3-4-6-13-10)11-9-12-7-8-15-11/h3-6,11-12H,2,7-9H2,1H3. The van der Waals surface area contributed by atoms with Crippen molar-refractivity contribution in [1.82, 2.24) is 10.3 Å². The molecular formula is C11H17N3O. The van der Waals surface area contributed by atoms with Crippen molar-refractivity contribution in [2.45, 2.75) is 13.2 Å². The molecule has 0 bridgehead atoms. The molecule has 1 fully saturated rings. The van der Waals surface area contributed by atoms with Crippen LogP contribution in [-0.4, -0.2) is 37.5 Å². The van der Waals surface area contributed by atoms with E-state index in [0.717, 1.165) is 32.1 Å². The fraction of sp³-hybridized carbons (Fsp3) is 0.545. The van der Waals surface area contributed by atoms with Crippen molar-refractivity contribution in [2.24, 2.45) is 0 Å². The molecule has 0 saturated carbocycles. The number of aromatic nitrogens is 1. The first-order valence-electron chi connectivity index (χ1n) is 5.42. The Kier molecular flexibility index (Phi) is 3.53. The zero-order chi connectivity index (χ0) is 10.5. The Morgan fingerprint density at radius 3 is 3.13 bits per heavy atom. The lowest BCUT2D eigenvalue weighted by molar-refractivity contribution is 0.0268. The van der Waals surface area contributed by atoms with Crippen LogP contribution in [0.2, 0.25) is 0 Å². The molecular weight excluding hydrogens is 190 g/mol. The van der Waals surface area contributed by atoms with Crippen LogP contribution in [0, 0.1) is 0 Å². The van der Waals surface area contributed by atoms with Gasteiger partial charge in [0.05, 0.1) is 6.61 Å². The van der Waals surface area contributed by atoms with Gasteiger partial charge in [-0.15, -0.1) is 0 Å². The minimum atomic E-state index is 0.110. The van der Waals surface area contributed by atoms with E-state index in [4.69, 9.17) is 4.74 Å². The summed E-state index contributed by atoms with van der Waals surface area (Å²) in [7, 11) is 0. The van der Waals surface area contributed by atoms with Crippen molar-refractivity contribution in [1.29, 1.82) is 0 Å². The Labute approximate surface area is 90.3 Å². The van der Waals surface area contributed by atoms with Crippen LogP contribution < -0.4 is 10.2 Å². The van der Waals surface area contributed by atoms with E-state index in [1.54, 1.807) is 0 Å². The number of hydrogen-bond donors (Lipinski definition) is 1. The lowest BCUT2D eigenvalue weighted by atomic mass is 10.3. The number of ether oxygens (including phenoxy) is 1. The molecule has 1 aromatic heterocycles. The number of nitrogens with one attached hydrogen (secondary N) is 1. The van der Waals surface area contributed by atoms with Crippen LogP contribution in [0.25, 0.3) is 0 Å². The van der Waals surface area contributed by atoms with Gasteiger partial charge in [0.15, 0.2) is 0 Å². The van der Waals surface area contributed by atoms with Crippen LogP contribution in [0.3, 0.4) is 0 Å². The summed E-state index contributed by atoms with van der Waals surface area (Å²) in [6, 6.07) is 5.94. The van der Waals surface area contributed by atoms with Gasteiger partial charge in [-0.3, -0.25) is 0 Å². The molecule has 2 rings (SSSR count). The van der Waals surface area contributed by atoms with E-state index in [1.807, 2.05) is 24.4 Å². The normalized spacial score (nSPS) is 21.3. The number of nitrogens with zero attached hydrogens (tertiary/aromatic N) is 2. The summed E-state index contributed by atoms with van der Waals surface area (Å²) in [5.41, 5.74) is 0. The van der Waals surface area contributed by atoms with Crippen LogP contribution in [0.5, 0.6) is 0 Å². The van der Waals surface area contributed by atoms with Crippen LogP contribution in [-0.2, 0) is 4.74 Å². The summed E-state index contributed by atoms with van der Waals surface area (Å²) in [6.07, 6.45) is 1.92. The van der Waals surface area contributed by atoms with Gasteiger partial charge in [0.2, 0.25) is 0 Å². The van der Waals surface area contributed by atoms with Crippen LogP contribution in [0.4, 0.5) is 5.82 Å². The number of anilines is 1. The SMILES string of the molecule is CCN(c1ccccn1)C1CNCCO1. The first-order chi connectivity index (χ1) is 7.42. The number of rotatable bonds is 3. The fourth-order valence-electron chi connectivity index (χ4n) is 1.79. The molecule has 1 aliphatic rings. The predicted molar refractivity (Wildman–Crippen MR) is 59.9 cm³/mol. The van der Waals surface area contributed by atoms with E-state index in [1.165, 1.54) is 0 Å². The first-order valence-corrected chi connectivity index (χ1v) is 5.42. The molecule has 1 unspecified atom stereocenters. The second kappa shape index (κ2) is 5.09. The largest absolute Gasteiger partial charge is 0.356 e. The highest BCUT2D eigenvalue weighted by atomic mass is 16.5.